The minimum absolute atomic E-state index is 0.300. The van der Waals surface area contributed by atoms with Crippen LogP contribution in [0.1, 0.15) is 47.2 Å². The summed E-state index contributed by atoms with van der Waals surface area (Å²) in [5.74, 6) is 0. The van der Waals surface area contributed by atoms with Crippen LogP contribution in [0.4, 0.5) is 34.1 Å². The first kappa shape index (κ1) is 44.2. The van der Waals surface area contributed by atoms with E-state index >= 15 is 0 Å². The van der Waals surface area contributed by atoms with E-state index in [0.717, 1.165) is 28.4 Å². The fourth-order valence-electron chi connectivity index (χ4n) is 12.0. The Morgan fingerprint density at radius 2 is 0.726 bits per heavy atom. The zero-order chi connectivity index (χ0) is 49.5. The molecule has 12 aromatic carbocycles. The highest BCUT2D eigenvalue weighted by molar-refractivity contribution is 6.23. The van der Waals surface area contributed by atoms with E-state index in [1.54, 1.807) is 0 Å². The minimum Gasteiger partial charge on any atom is -0.310 e. The summed E-state index contributed by atoms with van der Waals surface area (Å²) in [4.78, 5) is 4.92. The van der Waals surface area contributed by atoms with E-state index in [9.17, 15) is 0 Å². The Labute approximate surface area is 429 Å². The van der Waals surface area contributed by atoms with E-state index in [0.29, 0.717) is 0 Å². The van der Waals surface area contributed by atoms with Crippen LogP contribution in [-0.2, 0) is 5.41 Å². The van der Waals surface area contributed by atoms with Crippen molar-refractivity contribution in [1.29, 1.82) is 0 Å². The lowest BCUT2D eigenvalue weighted by Crippen LogP contribution is -2.17. The van der Waals surface area contributed by atoms with Crippen LogP contribution in [0.25, 0.3) is 76.5 Å². The Balaban J connectivity index is 1.09. The number of aryl methyl sites for hydroxylation is 4. The highest BCUT2D eigenvalue weighted by Gasteiger charge is 2.37. The van der Waals surface area contributed by atoms with E-state index in [4.69, 9.17) is 0 Å². The van der Waals surface area contributed by atoms with E-state index in [2.05, 4.69) is 282 Å². The molecule has 12 aromatic rings. The Morgan fingerprint density at radius 3 is 1.29 bits per heavy atom. The molecule has 0 atom stereocenters. The Hall–Kier alpha value is -8.72. The average Bonchev–Trinajstić information content (AvgIpc) is 3.62. The average molecular weight is 937 g/mol. The molecule has 0 aliphatic heterocycles. The monoisotopic (exact) mass is 936 g/mol. The normalized spacial score (nSPS) is 12.6. The fraction of sp³-hybridized carbons (Fsp3) is 0.0986. The maximum absolute atomic E-state index is 2.56. The summed E-state index contributed by atoms with van der Waals surface area (Å²) >= 11 is 0. The standard InChI is InChI=1S/C71H56N2/c1-45-27-31-51(32-28-45)69-60-38-36-55(72(53-21-11-15-47(3)39-53)67-25-13-19-49-17-7-9-23-57(49)67)41-62(60)70(52-33-29-46(2)30-34-52)63-43-61-59-37-35-56(42-65(59)71(5,6)66(61)44-64(63)69)73(54-22-12-16-48(4)40-54)68-26-14-20-50-18-8-10-24-58(50)68/h7-44H,1-6H3. The number of rotatable bonds is 8. The molecule has 0 heterocycles. The van der Waals surface area contributed by atoms with Crippen molar-refractivity contribution in [3.63, 3.8) is 0 Å². The van der Waals surface area contributed by atoms with Gasteiger partial charge in [-0.15, -0.1) is 0 Å². The Kier molecular flexibility index (Phi) is 10.5. The summed E-state index contributed by atoms with van der Waals surface area (Å²) in [7, 11) is 0. The van der Waals surface area contributed by atoms with Crippen molar-refractivity contribution in [2.75, 3.05) is 9.80 Å². The van der Waals surface area contributed by atoms with Gasteiger partial charge in [0, 0.05) is 38.9 Å². The number of hydrogen-bond acceptors (Lipinski definition) is 2. The number of hydrogen-bond donors (Lipinski definition) is 0. The summed E-state index contributed by atoms with van der Waals surface area (Å²) in [5, 5.41) is 9.85. The third-order valence-electron chi connectivity index (χ3n) is 15.6. The quantitative estimate of drug-likeness (QED) is 0.140. The molecule has 0 radical (unpaired) electrons. The molecular weight excluding hydrogens is 881 g/mol. The van der Waals surface area contributed by atoms with Gasteiger partial charge in [-0.1, -0.05) is 183 Å². The summed E-state index contributed by atoms with van der Waals surface area (Å²) in [6, 6.07) is 86.6. The van der Waals surface area contributed by atoms with Gasteiger partial charge in [-0.25, -0.2) is 0 Å². The second-order valence-electron chi connectivity index (χ2n) is 20.9. The zero-order valence-corrected chi connectivity index (χ0v) is 42.3. The number of anilines is 6. The maximum atomic E-state index is 2.56. The summed E-state index contributed by atoms with van der Waals surface area (Å²) in [6.07, 6.45) is 0. The van der Waals surface area contributed by atoms with Crippen LogP contribution in [0.2, 0.25) is 0 Å². The zero-order valence-electron chi connectivity index (χ0n) is 42.3. The van der Waals surface area contributed by atoms with Crippen molar-refractivity contribution >= 4 is 77.2 Å². The smallest absolute Gasteiger partial charge is 0.0540 e. The molecule has 0 N–H and O–H groups in total. The Bertz CT molecular complexity index is 4150. The third kappa shape index (κ3) is 7.39. The third-order valence-corrected chi connectivity index (χ3v) is 15.6. The second kappa shape index (κ2) is 17.3. The van der Waals surface area contributed by atoms with Crippen LogP contribution < -0.4 is 9.80 Å². The molecule has 0 amide bonds. The molecule has 0 saturated heterocycles. The molecule has 2 nitrogen and oxygen atoms in total. The van der Waals surface area contributed by atoms with Crippen LogP contribution in [0, 0.1) is 27.7 Å². The molecule has 0 spiro atoms. The molecule has 73 heavy (non-hydrogen) atoms. The van der Waals surface area contributed by atoms with Gasteiger partial charge >= 0.3 is 0 Å². The number of fused-ring (bicyclic) bond motifs is 7. The molecule has 13 rings (SSSR count). The van der Waals surface area contributed by atoms with Crippen molar-refractivity contribution in [3.8, 4) is 33.4 Å². The van der Waals surface area contributed by atoms with Crippen LogP contribution in [0.3, 0.4) is 0 Å². The summed E-state index contributed by atoms with van der Waals surface area (Å²) in [5.41, 5.74) is 21.7. The number of nitrogens with zero attached hydrogens (tertiary/aromatic N) is 2. The molecular formula is C71H56N2. The molecule has 2 heteroatoms. The predicted octanol–water partition coefficient (Wildman–Crippen LogP) is 20.1. The first-order chi connectivity index (χ1) is 35.6. The summed E-state index contributed by atoms with van der Waals surface area (Å²) < 4.78 is 0. The predicted molar refractivity (Wildman–Crippen MR) is 313 cm³/mol. The SMILES string of the molecule is Cc1ccc(-c2c3cc(N(c4cccc(C)c4)c4cccc5ccccc45)ccc3c(-c3ccc(C)cc3)c3cc4c(cc23)-c2ccc(N(c3cccc(C)c3)c3cccc5ccccc35)cc2C4(C)C)cc1. The molecule has 0 unspecified atom stereocenters. The highest BCUT2D eigenvalue weighted by Crippen LogP contribution is 2.55. The van der Waals surface area contributed by atoms with E-state index in [1.165, 1.54) is 116 Å². The molecule has 1 aliphatic rings. The van der Waals surface area contributed by atoms with Crippen LogP contribution in [0.5, 0.6) is 0 Å². The van der Waals surface area contributed by atoms with E-state index < -0.39 is 0 Å². The van der Waals surface area contributed by atoms with Crippen molar-refractivity contribution < 1.29 is 0 Å². The van der Waals surface area contributed by atoms with Gasteiger partial charge in [0.15, 0.2) is 0 Å². The molecule has 350 valence electrons. The highest BCUT2D eigenvalue weighted by atomic mass is 15.1. The Morgan fingerprint density at radius 1 is 0.288 bits per heavy atom. The van der Waals surface area contributed by atoms with Crippen LogP contribution in [-0.4, -0.2) is 0 Å². The second-order valence-corrected chi connectivity index (χ2v) is 20.9. The van der Waals surface area contributed by atoms with Gasteiger partial charge in [0.25, 0.3) is 0 Å². The van der Waals surface area contributed by atoms with Gasteiger partial charge in [-0.05, 0) is 188 Å². The minimum atomic E-state index is -0.300. The lowest BCUT2D eigenvalue weighted by Gasteiger charge is -2.29. The van der Waals surface area contributed by atoms with E-state index in [-0.39, 0.29) is 5.41 Å². The van der Waals surface area contributed by atoms with Crippen LogP contribution in [0.15, 0.2) is 231 Å². The van der Waals surface area contributed by atoms with E-state index in [1.807, 2.05) is 0 Å². The van der Waals surface area contributed by atoms with Gasteiger partial charge in [0.1, 0.15) is 0 Å². The first-order valence-electron chi connectivity index (χ1n) is 25.7. The van der Waals surface area contributed by atoms with Crippen molar-refractivity contribution in [3.05, 3.63) is 264 Å². The lowest BCUT2D eigenvalue weighted by molar-refractivity contribution is 0.661. The maximum Gasteiger partial charge on any atom is 0.0540 e. The lowest BCUT2D eigenvalue weighted by atomic mass is 9.79. The van der Waals surface area contributed by atoms with Gasteiger partial charge in [-0.2, -0.15) is 0 Å². The fourth-order valence-corrected chi connectivity index (χ4v) is 12.0. The molecule has 0 bridgehead atoms. The first-order valence-corrected chi connectivity index (χ1v) is 25.7. The topological polar surface area (TPSA) is 6.48 Å². The molecule has 0 aromatic heterocycles. The van der Waals surface area contributed by atoms with Gasteiger partial charge < -0.3 is 9.80 Å². The van der Waals surface area contributed by atoms with Crippen LogP contribution >= 0.6 is 0 Å². The largest absolute Gasteiger partial charge is 0.310 e. The summed E-state index contributed by atoms with van der Waals surface area (Å²) in [6.45, 7) is 13.6. The van der Waals surface area contributed by atoms with Gasteiger partial charge in [0.05, 0.1) is 11.4 Å². The number of benzene rings is 12. The van der Waals surface area contributed by atoms with Crippen molar-refractivity contribution in [2.24, 2.45) is 0 Å². The molecule has 0 fully saturated rings. The van der Waals surface area contributed by atoms with Gasteiger partial charge in [0.2, 0.25) is 0 Å². The van der Waals surface area contributed by atoms with Gasteiger partial charge in [-0.3, -0.25) is 0 Å². The molecule has 1 aliphatic carbocycles. The van der Waals surface area contributed by atoms with Crippen molar-refractivity contribution in [2.45, 2.75) is 47.0 Å². The van der Waals surface area contributed by atoms with Crippen molar-refractivity contribution in [1.82, 2.24) is 0 Å². The molecule has 0 saturated carbocycles.